The number of carboxylic acids is 1. The molecule has 2 aromatic carbocycles. The van der Waals surface area contributed by atoms with Crippen LogP contribution in [0.3, 0.4) is 0 Å². The van der Waals surface area contributed by atoms with Gasteiger partial charge in [0.15, 0.2) is 11.3 Å². The van der Waals surface area contributed by atoms with Crippen LogP contribution in [0.1, 0.15) is 42.3 Å². The summed E-state index contributed by atoms with van der Waals surface area (Å²) >= 11 is 0. The Bertz CT molecular complexity index is 1360. The number of aromatic amines is 1. The van der Waals surface area contributed by atoms with E-state index in [9.17, 15) is 18.0 Å². The van der Waals surface area contributed by atoms with Gasteiger partial charge in [0.1, 0.15) is 11.5 Å². The zero-order valence-electron chi connectivity index (χ0n) is 19.3. The number of hydrogen-bond donors (Lipinski definition) is 2. The first-order valence-corrected chi connectivity index (χ1v) is 11.3. The average molecular weight is 490 g/mol. The van der Waals surface area contributed by atoms with Gasteiger partial charge in [-0.3, -0.25) is 4.79 Å². The Morgan fingerprint density at radius 2 is 1.89 bits per heavy atom. The number of hydrogen-bond acceptors (Lipinski definition) is 5. The highest BCUT2D eigenvalue weighted by Crippen LogP contribution is 2.38. The lowest BCUT2D eigenvalue weighted by Gasteiger charge is -2.12. The van der Waals surface area contributed by atoms with Gasteiger partial charge in [-0.1, -0.05) is 18.5 Å². The van der Waals surface area contributed by atoms with Gasteiger partial charge in [-0.05, 0) is 49.2 Å². The van der Waals surface area contributed by atoms with E-state index in [4.69, 9.17) is 19.1 Å². The summed E-state index contributed by atoms with van der Waals surface area (Å²) in [5, 5.41) is 13.1. The van der Waals surface area contributed by atoms with Crippen molar-refractivity contribution in [3.63, 3.8) is 0 Å². The molecule has 2 aromatic heterocycles. The Balaban J connectivity index is 1.40. The topological polar surface area (TPSA) is 97.6 Å². The van der Waals surface area contributed by atoms with Crippen molar-refractivity contribution in [3.05, 3.63) is 52.8 Å². The molecule has 0 unspecified atom stereocenters. The fourth-order valence-electron chi connectivity index (χ4n) is 4.13. The van der Waals surface area contributed by atoms with E-state index in [1.165, 1.54) is 12.1 Å². The molecule has 35 heavy (non-hydrogen) atoms. The number of aromatic nitrogens is 2. The fourth-order valence-corrected chi connectivity index (χ4v) is 4.13. The van der Waals surface area contributed by atoms with E-state index >= 15 is 0 Å². The van der Waals surface area contributed by atoms with Crippen LogP contribution in [-0.4, -0.2) is 34.4 Å². The van der Waals surface area contributed by atoms with Crippen LogP contribution in [0.5, 0.6) is 11.5 Å². The van der Waals surface area contributed by atoms with Crippen LogP contribution in [0.25, 0.3) is 21.9 Å². The third kappa shape index (κ3) is 5.21. The molecule has 0 aliphatic heterocycles. The summed E-state index contributed by atoms with van der Waals surface area (Å²) < 4.78 is 56.2. The molecule has 0 aliphatic rings. The number of aliphatic carboxylic acids is 1. The van der Waals surface area contributed by atoms with Crippen LogP contribution in [0.2, 0.25) is 0 Å². The Morgan fingerprint density at radius 1 is 1.11 bits per heavy atom. The molecule has 7 nitrogen and oxygen atoms in total. The third-order valence-corrected chi connectivity index (χ3v) is 5.70. The second kappa shape index (κ2) is 9.89. The van der Waals surface area contributed by atoms with E-state index in [1.807, 2.05) is 26.0 Å². The molecule has 0 spiro atoms. The van der Waals surface area contributed by atoms with Crippen LogP contribution in [0, 0.1) is 6.92 Å². The van der Waals surface area contributed by atoms with Gasteiger partial charge >= 0.3 is 12.1 Å². The summed E-state index contributed by atoms with van der Waals surface area (Å²) in [6.07, 6.45) is -2.95. The molecule has 0 radical (unpaired) electrons. The molecule has 2 heterocycles. The number of benzene rings is 2. The van der Waals surface area contributed by atoms with Crippen molar-refractivity contribution >= 4 is 27.8 Å². The van der Waals surface area contributed by atoms with Gasteiger partial charge in [0.05, 0.1) is 25.0 Å². The van der Waals surface area contributed by atoms with Crippen molar-refractivity contribution in [2.75, 3.05) is 13.2 Å². The van der Waals surface area contributed by atoms with Crippen molar-refractivity contribution in [1.82, 2.24) is 10.1 Å². The Kier molecular flexibility index (Phi) is 6.90. The molecule has 0 bridgehead atoms. The molecule has 10 heteroatoms. The monoisotopic (exact) mass is 490 g/mol. The lowest BCUT2D eigenvalue weighted by molar-refractivity contribution is -0.141. The van der Waals surface area contributed by atoms with Gasteiger partial charge in [0, 0.05) is 28.6 Å². The number of ether oxygens (including phenoxy) is 2. The number of alkyl halides is 3. The Morgan fingerprint density at radius 3 is 2.60 bits per heavy atom. The predicted octanol–water partition coefficient (Wildman–Crippen LogP) is 6.06. The summed E-state index contributed by atoms with van der Waals surface area (Å²) in [5.41, 5.74) is 2.00. The van der Waals surface area contributed by atoms with E-state index in [-0.39, 0.29) is 24.0 Å². The smallest absolute Gasteiger partial charge is 0.437 e. The molecule has 0 saturated carbocycles. The Labute approximate surface area is 198 Å². The van der Waals surface area contributed by atoms with Crippen molar-refractivity contribution in [2.24, 2.45) is 0 Å². The van der Waals surface area contributed by atoms with Crippen LogP contribution in [-0.2, 0) is 23.8 Å². The predicted molar refractivity (Wildman–Crippen MR) is 123 cm³/mol. The first kappa shape index (κ1) is 24.4. The highest BCUT2D eigenvalue weighted by Gasteiger charge is 2.37. The zero-order valence-corrected chi connectivity index (χ0v) is 19.3. The lowest BCUT2D eigenvalue weighted by atomic mass is 10.0. The standard InChI is InChI=1S/C25H25F3N2O5/c1-3-5-16-21(9-7-17-23(16)35-30-24(17)25(26,27)28)34-11-4-10-33-15-6-8-20-19(12-15)18(13-22(31)32)14(2)29-20/h6-9,12,29H,3-5,10-11,13H2,1-2H3,(H,31,32). The highest BCUT2D eigenvalue weighted by atomic mass is 19.4. The molecule has 0 amide bonds. The minimum absolute atomic E-state index is 0.0747. The number of aryl methyl sites for hydroxylation is 2. The number of carboxylic acid groups (broad SMARTS) is 1. The van der Waals surface area contributed by atoms with Gasteiger partial charge in [0.2, 0.25) is 0 Å². The quantitative estimate of drug-likeness (QED) is 0.262. The van der Waals surface area contributed by atoms with Crippen LogP contribution < -0.4 is 9.47 Å². The summed E-state index contributed by atoms with van der Waals surface area (Å²) in [7, 11) is 0. The van der Waals surface area contributed by atoms with Crippen LogP contribution >= 0.6 is 0 Å². The number of rotatable bonds is 10. The van der Waals surface area contributed by atoms with Crippen LogP contribution in [0.15, 0.2) is 34.9 Å². The summed E-state index contributed by atoms with van der Waals surface area (Å²) in [6.45, 7) is 4.39. The summed E-state index contributed by atoms with van der Waals surface area (Å²) in [5.74, 6) is 0.169. The fraction of sp³-hybridized carbons (Fsp3) is 0.360. The number of carbonyl (C=O) groups is 1. The zero-order chi connectivity index (χ0) is 25.2. The molecule has 4 aromatic rings. The first-order valence-electron chi connectivity index (χ1n) is 11.3. The molecule has 0 atom stereocenters. The highest BCUT2D eigenvalue weighted by molar-refractivity contribution is 5.89. The minimum Gasteiger partial charge on any atom is -0.493 e. The largest absolute Gasteiger partial charge is 0.493 e. The van der Waals surface area contributed by atoms with Gasteiger partial charge in [-0.15, -0.1) is 0 Å². The summed E-state index contributed by atoms with van der Waals surface area (Å²) in [4.78, 5) is 14.4. The van der Waals surface area contributed by atoms with Crippen LogP contribution in [0.4, 0.5) is 13.2 Å². The maximum atomic E-state index is 13.2. The maximum Gasteiger partial charge on any atom is 0.437 e. The molecular weight excluding hydrogens is 465 g/mol. The van der Waals surface area contributed by atoms with Crippen molar-refractivity contribution in [2.45, 2.75) is 45.7 Å². The molecule has 4 rings (SSSR count). The molecule has 2 N–H and O–H groups in total. The van der Waals surface area contributed by atoms with E-state index in [0.29, 0.717) is 42.9 Å². The van der Waals surface area contributed by atoms with E-state index in [1.54, 1.807) is 6.07 Å². The molecular formula is C25H25F3N2O5. The van der Waals surface area contributed by atoms with Gasteiger partial charge in [-0.25, -0.2) is 0 Å². The molecule has 186 valence electrons. The lowest BCUT2D eigenvalue weighted by Crippen LogP contribution is -2.07. The SMILES string of the molecule is CCCc1c(OCCCOc2ccc3[nH]c(C)c(CC(=O)O)c3c2)ccc2c(C(F)(F)F)noc12. The normalized spacial score (nSPS) is 11.9. The van der Waals surface area contributed by atoms with Gasteiger partial charge < -0.3 is 24.1 Å². The van der Waals surface area contributed by atoms with E-state index in [2.05, 4.69) is 10.1 Å². The second-order valence-corrected chi connectivity index (χ2v) is 8.25. The van der Waals surface area contributed by atoms with E-state index in [0.717, 1.165) is 22.2 Å². The van der Waals surface area contributed by atoms with Gasteiger partial charge in [-0.2, -0.15) is 13.2 Å². The van der Waals surface area contributed by atoms with Crippen molar-refractivity contribution in [3.8, 4) is 11.5 Å². The number of nitrogens with zero attached hydrogens (tertiary/aromatic N) is 1. The van der Waals surface area contributed by atoms with Crippen molar-refractivity contribution in [1.29, 1.82) is 0 Å². The average Bonchev–Trinajstić information content (AvgIpc) is 3.36. The number of H-pyrrole nitrogens is 1. The van der Waals surface area contributed by atoms with E-state index < -0.39 is 17.8 Å². The third-order valence-electron chi connectivity index (χ3n) is 5.70. The second-order valence-electron chi connectivity index (χ2n) is 8.25. The minimum atomic E-state index is -4.59. The molecule has 0 aliphatic carbocycles. The molecule has 0 saturated heterocycles. The number of halogens is 3. The van der Waals surface area contributed by atoms with Crippen molar-refractivity contribution < 1.29 is 37.1 Å². The maximum absolute atomic E-state index is 13.2. The molecule has 0 fully saturated rings. The summed E-state index contributed by atoms with van der Waals surface area (Å²) in [6, 6.07) is 8.31. The number of fused-ring (bicyclic) bond motifs is 2. The number of nitrogens with one attached hydrogen (secondary N) is 1. The Hall–Kier alpha value is -3.69. The first-order chi connectivity index (χ1) is 16.7. The van der Waals surface area contributed by atoms with Gasteiger partial charge in [0.25, 0.3) is 0 Å².